The Labute approximate surface area is 147 Å². The van der Waals surface area contributed by atoms with Crippen LogP contribution >= 0.6 is 0 Å². The summed E-state index contributed by atoms with van der Waals surface area (Å²) in [5.41, 5.74) is 1.47. The Morgan fingerprint density at radius 2 is 2.28 bits per heavy atom. The number of amides is 1. The normalized spacial score (nSPS) is 20.8. The van der Waals surface area contributed by atoms with E-state index in [-0.39, 0.29) is 11.3 Å². The van der Waals surface area contributed by atoms with Crippen molar-refractivity contribution in [3.8, 4) is 11.7 Å². The molecule has 6 heteroatoms. The van der Waals surface area contributed by atoms with E-state index in [0.717, 1.165) is 25.8 Å². The van der Waals surface area contributed by atoms with Crippen LogP contribution in [-0.2, 0) is 11.3 Å². The molecule has 0 aromatic carbocycles. The molecule has 2 aromatic rings. The Hall–Kier alpha value is -2.37. The smallest absolute Gasteiger partial charge is 0.293 e. The molecule has 0 N–H and O–H groups in total. The van der Waals surface area contributed by atoms with Crippen molar-refractivity contribution < 1.29 is 13.7 Å². The standard InChI is InChI=1S/C19H25N3O3/c1-14(2)6-4-9-19(3)10-8-17(23)22(13-19)12-16-20-18(25-21-16)15-7-5-11-24-15/h5-7,11H,4,8-10,12-13H2,1-3H3/t19-/m1/s1. The molecule has 3 rings (SSSR count). The minimum Gasteiger partial charge on any atom is -0.459 e. The lowest BCUT2D eigenvalue weighted by Gasteiger charge is -2.39. The Morgan fingerprint density at radius 3 is 3.00 bits per heavy atom. The first-order valence-electron chi connectivity index (χ1n) is 8.73. The second-order valence-electron chi connectivity index (χ2n) is 7.37. The van der Waals surface area contributed by atoms with Gasteiger partial charge < -0.3 is 13.8 Å². The predicted molar refractivity (Wildman–Crippen MR) is 93.4 cm³/mol. The number of rotatable bonds is 6. The number of carbonyl (C=O) groups excluding carboxylic acids is 1. The summed E-state index contributed by atoms with van der Waals surface area (Å²) in [7, 11) is 0. The van der Waals surface area contributed by atoms with Crippen LogP contribution in [0.2, 0.25) is 0 Å². The molecule has 134 valence electrons. The molecule has 25 heavy (non-hydrogen) atoms. The van der Waals surface area contributed by atoms with E-state index >= 15 is 0 Å². The molecular formula is C19H25N3O3. The highest BCUT2D eigenvalue weighted by atomic mass is 16.5. The monoisotopic (exact) mass is 343 g/mol. The molecule has 1 amide bonds. The van der Waals surface area contributed by atoms with Gasteiger partial charge in [-0.2, -0.15) is 4.98 Å². The molecule has 3 heterocycles. The fraction of sp³-hybridized carbons (Fsp3) is 0.526. The number of piperidine rings is 1. The van der Waals surface area contributed by atoms with E-state index in [2.05, 4.69) is 37.0 Å². The summed E-state index contributed by atoms with van der Waals surface area (Å²) in [6, 6.07) is 3.54. The molecule has 0 aliphatic carbocycles. The van der Waals surface area contributed by atoms with Crippen LogP contribution in [0.1, 0.15) is 52.3 Å². The van der Waals surface area contributed by atoms with Gasteiger partial charge in [-0.3, -0.25) is 4.79 Å². The Bertz CT molecular complexity index is 744. The van der Waals surface area contributed by atoms with E-state index in [4.69, 9.17) is 8.94 Å². The van der Waals surface area contributed by atoms with Gasteiger partial charge in [-0.1, -0.05) is 23.7 Å². The van der Waals surface area contributed by atoms with Crippen LogP contribution in [0.15, 0.2) is 39.0 Å². The third kappa shape index (κ3) is 4.38. The van der Waals surface area contributed by atoms with Crippen molar-refractivity contribution in [2.24, 2.45) is 5.41 Å². The summed E-state index contributed by atoms with van der Waals surface area (Å²) in [5.74, 6) is 1.54. The van der Waals surface area contributed by atoms with Crippen LogP contribution in [0.4, 0.5) is 0 Å². The van der Waals surface area contributed by atoms with Gasteiger partial charge in [0.15, 0.2) is 11.6 Å². The van der Waals surface area contributed by atoms with Crippen LogP contribution in [0.25, 0.3) is 11.7 Å². The molecule has 1 aliphatic rings. The SMILES string of the molecule is CC(C)=CCC[C@]1(C)CCC(=O)N(Cc2noc(-c3ccco3)n2)C1. The first kappa shape index (κ1) is 17.5. The zero-order chi connectivity index (χ0) is 17.9. The van der Waals surface area contributed by atoms with E-state index in [0.29, 0.717) is 30.4 Å². The molecule has 0 spiro atoms. The van der Waals surface area contributed by atoms with Gasteiger partial charge in [-0.15, -0.1) is 0 Å². The number of hydrogen-bond donors (Lipinski definition) is 0. The van der Waals surface area contributed by atoms with Crippen LogP contribution < -0.4 is 0 Å². The second-order valence-corrected chi connectivity index (χ2v) is 7.37. The van der Waals surface area contributed by atoms with Crippen LogP contribution in [0, 0.1) is 5.41 Å². The van der Waals surface area contributed by atoms with Gasteiger partial charge in [-0.25, -0.2) is 0 Å². The van der Waals surface area contributed by atoms with Crippen LogP contribution in [-0.4, -0.2) is 27.5 Å². The summed E-state index contributed by atoms with van der Waals surface area (Å²) in [5, 5.41) is 3.98. The number of hydrogen-bond acceptors (Lipinski definition) is 5. The first-order chi connectivity index (χ1) is 12.0. The zero-order valence-electron chi connectivity index (χ0n) is 15.1. The molecule has 0 radical (unpaired) electrons. The average Bonchev–Trinajstić information content (AvgIpc) is 3.22. The number of likely N-dealkylation sites (tertiary alicyclic amines) is 1. The molecule has 1 fully saturated rings. The first-order valence-corrected chi connectivity index (χ1v) is 8.73. The molecule has 2 aromatic heterocycles. The highest BCUT2D eigenvalue weighted by molar-refractivity contribution is 5.77. The predicted octanol–water partition coefficient (Wildman–Crippen LogP) is 4.20. The van der Waals surface area contributed by atoms with Crippen molar-refractivity contribution in [3.63, 3.8) is 0 Å². The summed E-state index contributed by atoms with van der Waals surface area (Å²) in [6.07, 6.45) is 7.46. The Morgan fingerprint density at radius 1 is 1.44 bits per heavy atom. The van der Waals surface area contributed by atoms with Gasteiger partial charge in [0, 0.05) is 13.0 Å². The molecule has 0 bridgehead atoms. The molecule has 1 aliphatic heterocycles. The maximum atomic E-state index is 12.3. The fourth-order valence-corrected chi connectivity index (χ4v) is 3.24. The Kier molecular flexibility index (Phi) is 5.06. The third-order valence-corrected chi connectivity index (χ3v) is 4.70. The summed E-state index contributed by atoms with van der Waals surface area (Å²) >= 11 is 0. The average molecular weight is 343 g/mol. The van der Waals surface area contributed by atoms with Crippen molar-refractivity contribution in [1.29, 1.82) is 0 Å². The minimum absolute atomic E-state index is 0.132. The molecule has 1 atom stereocenters. The lowest BCUT2D eigenvalue weighted by Crippen LogP contribution is -2.44. The highest BCUT2D eigenvalue weighted by Crippen LogP contribution is 2.35. The topological polar surface area (TPSA) is 72.4 Å². The van der Waals surface area contributed by atoms with E-state index in [1.54, 1.807) is 18.4 Å². The van der Waals surface area contributed by atoms with Crippen LogP contribution in [0.5, 0.6) is 0 Å². The summed E-state index contributed by atoms with van der Waals surface area (Å²) in [4.78, 5) is 18.5. The van der Waals surface area contributed by atoms with Crippen molar-refractivity contribution >= 4 is 5.91 Å². The lowest BCUT2D eigenvalue weighted by atomic mass is 9.77. The molecule has 0 unspecified atom stereocenters. The number of allylic oxidation sites excluding steroid dienone is 2. The molecular weight excluding hydrogens is 318 g/mol. The van der Waals surface area contributed by atoms with E-state index in [1.165, 1.54) is 5.57 Å². The lowest BCUT2D eigenvalue weighted by molar-refractivity contribution is -0.138. The molecule has 0 saturated carbocycles. The van der Waals surface area contributed by atoms with Gasteiger partial charge >= 0.3 is 0 Å². The minimum atomic E-state index is 0.132. The maximum Gasteiger partial charge on any atom is 0.293 e. The van der Waals surface area contributed by atoms with E-state index < -0.39 is 0 Å². The highest BCUT2D eigenvalue weighted by Gasteiger charge is 2.35. The second kappa shape index (κ2) is 7.25. The largest absolute Gasteiger partial charge is 0.459 e. The molecule has 6 nitrogen and oxygen atoms in total. The quantitative estimate of drug-likeness (QED) is 0.735. The van der Waals surface area contributed by atoms with Gasteiger partial charge in [0.25, 0.3) is 5.89 Å². The Balaban J connectivity index is 1.64. The van der Waals surface area contributed by atoms with Crippen LogP contribution in [0.3, 0.4) is 0 Å². The number of nitrogens with zero attached hydrogens (tertiary/aromatic N) is 3. The van der Waals surface area contributed by atoms with Crippen molar-refractivity contribution in [2.45, 2.75) is 53.0 Å². The summed E-state index contributed by atoms with van der Waals surface area (Å²) in [6.45, 7) is 7.60. The maximum absolute atomic E-state index is 12.3. The third-order valence-electron chi connectivity index (χ3n) is 4.70. The zero-order valence-corrected chi connectivity index (χ0v) is 15.1. The fourth-order valence-electron chi connectivity index (χ4n) is 3.24. The van der Waals surface area contributed by atoms with Crippen molar-refractivity contribution in [2.75, 3.05) is 6.54 Å². The van der Waals surface area contributed by atoms with Gasteiger partial charge in [0.1, 0.15) is 0 Å². The van der Waals surface area contributed by atoms with Crippen molar-refractivity contribution in [3.05, 3.63) is 35.9 Å². The van der Waals surface area contributed by atoms with E-state index in [9.17, 15) is 4.79 Å². The number of furan rings is 1. The van der Waals surface area contributed by atoms with Crippen molar-refractivity contribution in [1.82, 2.24) is 15.0 Å². The number of aromatic nitrogens is 2. The number of carbonyl (C=O) groups is 1. The van der Waals surface area contributed by atoms with Gasteiger partial charge in [0.2, 0.25) is 5.91 Å². The summed E-state index contributed by atoms with van der Waals surface area (Å²) < 4.78 is 10.5. The van der Waals surface area contributed by atoms with E-state index in [1.807, 2.05) is 4.90 Å². The van der Waals surface area contributed by atoms with Gasteiger partial charge in [-0.05, 0) is 50.7 Å². The molecule has 1 saturated heterocycles. The van der Waals surface area contributed by atoms with Gasteiger partial charge in [0.05, 0.1) is 12.8 Å².